The minimum absolute atomic E-state index is 0.185. The molecule has 0 unspecified atom stereocenters. The topological polar surface area (TPSA) is 81.1 Å². The van der Waals surface area contributed by atoms with E-state index in [0.29, 0.717) is 11.4 Å². The van der Waals surface area contributed by atoms with Gasteiger partial charge in [0.25, 0.3) is 0 Å². The summed E-state index contributed by atoms with van der Waals surface area (Å²) in [6.45, 7) is 17.4. The number of aromatic hydroxyl groups is 1. The maximum Gasteiger partial charge on any atom is 0.149 e. The SMILES string of the molecule is Cc1ccc(-n2c(-c3cc(C(C)(C)C)cc(C(C)(C)C)c3O)nc3c(-c4cc5c6ncnc7ccc8nc(C)n(c5c5ccccc45)c8c76)cccc32)c(-c2ccccc2)c1. The van der Waals surface area contributed by atoms with Gasteiger partial charge in [0, 0.05) is 27.5 Å². The van der Waals surface area contributed by atoms with Crippen LogP contribution in [0.5, 0.6) is 5.75 Å². The Kier molecular flexibility index (Phi) is 7.83. The fourth-order valence-corrected chi connectivity index (χ4v) is 9.55. The Hall–Kier alpha value is -7.12. The molecule has 0 aliphatic carbocycles. The summed E-state index contributed by atoms with van der Waals surface area (Å²) in [6, 6.07) is 43.0. The first-order valence-electron chi connectivity index (χ1n) is 21.0. The summed E-state index contributed by atoms with van der Waals surface area (Å²) >= 11 is 0. The van der Waals surface area contributed by atoms with Crippen molar-refractivity contribution in [3.05, 3.63) is 150 Å². The number of aryl methyl sites for hydroxylation is 2. The molecular weight excluding hydrogens is 749 g/mol. The van der Waals surface area contributed by atoms with Gasteiger partial charge in [-0.05, 0) is 89.2 Å². The molecule has 0 bridgehead atoms. The summed E-state index contributed by atoms with van der Waals surface area (Å²) in [5.41, 5.74) is 15.2. The molecular formula is C54H46N6O. The maximum atomic E-state index is 12.5. The van der Waals surface area contributed by atoms with Crippen LogP contribution in [0.1, 0.15) is 64.1 Å². The van der Waals surface area contributed by atoms with Crippen LogP contribution in [0.2, 0.25) is 0 Å². The quantitative estimate of drug-likeness (QED) is 0.142. The lowest BCUT2D eigenvalue weighted by Gasteiger charge is -2.27. The molecule has 0 aliphatic heterocycles. The van der Waals surface area contributed by atoms with Gasteiger partial charge in [0.15, 0.2) is 0 Å². The number of para-hydroxylation sites is 1. The molecule has 11 aromatic rings. The van der Waals surface area contributed by atoms with Crippen molar-refractivity contribution < 1.29 is 5.11 Å². The monoisotopic (exact) mass is 794 g/mol. The minimum atomic E-state index is -0.326. The van der Waals surface area contributed by atoms with E-state index in [0.717, 1.165) is 111 Å². The lowest BCUT2D eigenvalue weighted by Crippen LogP contribution is -2.17. The fourth-order valence-electron chi connectivity index (χ4n) is 9.55. The van der Waals surface area contributed by atoms with Crippen LogP contribution in [-0.4, -0.2) is 34.0 Å². The van der Waals surface area contributed by atoms with Gasteiger partial charge < -0.3 is 5.11 Å². The van der Waals surface area contributed by atoms with Gasteiger partial charge in [0.2, 0.25) is 0 Å². The standard InChI is InChI=1S/C54H46N6O/c1-30-21-24-44(37(25-30)32-15-10-9-11-16-32)60-45-20-14-19-35(47(45)58-52(60)40-26-33(53(3,4)5)27-41(51(40)61)54(6,7)8)38-28-39-48-46-42(55-29-56-48)22-23-43-50(46)59(31(2)57-43)49(39)36-18-13-12-17-34(36)38/h9-29,61H,1-8H3. The smallest absolute Gasteiger partial charge is 0.149 e. The summed E-state index contributed by atoms with van der Waals surface area (Å²) in [5.74, 6) is 1.85. The number of hydrogen-bond acceptors (Lipinski definition) is 5. The van der Waals surface area contributed by atoms with Crippen LogP contribution in [0.3, 0.4) is 0 Å². The zero-order valence-corrected chi connectivity index (χ0v) is 35.8. The number of aromatic nitrogens is 6. The zero-order valence-electron chi connectivity index (χ0n) is 35.8. The average molecular weight is 795 g/mol. The molecule has 4 heterocycles. The van der Waals surface area contributed by atoms with Crippen molar-refractivity contribution in [3.63, 3.8) is 0 Å². The second-order valence-corrected chi connectivity index (χ2v) is 18.7. The number of phenolic OH excluding ortho intramolecular Hbond substituents is 1. The second-order valence-electron chi connectivity index (χ2n) is 18.7. The molecule has 1 N–H and O–H groups in total. The van der Waals surface area contributed by atoms with Crippen LogP contribution in [0.25, 0.3) is 99.5 Å². The van der Waals surface area contributed by atoms with Crippen LogP contribution in [0, 0.1) is 13.8 Å². The summed E-state index contributed by atoms with van der Waals surface area (Å²) in [7, 11) is 0. The minimum Gasteiger partial charge on any atom is -0.507 e. The van der Waals surface area contributed by atoms with Crippen LogP contribution >= 0.6 is 0 Å². The highest BCUT2D eigenvalue weighted by Crippen LogP contribution is 2.47. The maximum absolute atomic E-state index is 12.5. The number of hydrogen-bond donors (Lipinski definition) is 1. The molecule has 0 saturated carbocycles. The predicted molar refractivity (Wildman–Crippen MR) is 251 cm³/mol. The van der Waals surface area contributed by atoms with Gasteiger partial charge in [-0.2, -0.15) is 0 Å². The van der Waals surface area contributed by atoms with E-state index >= 15 is 0 Å². The van der Waals surface area contributed by atoms with Crippen molar-refractivity contribution >= 4 is 60.2 Å². The first-order valence-corrected chi connectivity index (χ1v) is 21.0. The Morgan fingerprint density at radius 2 is 1.31 bits per heavy atom. The van der Waals surface area contributed by atoms with Gasteiger partial charge in [-0.15, -0.1) is 0 Å². The van der Waals surface area contributed by atoms with E-state index in [4.69, 9.17) is 19.9 Å². The lowest BCUT2D eigenvalue weighted by atomic mass is 9.79. The van der Waals surface area contributed by atoms with Crippen LogP contribution in [0.4, 0.5) is 0 Å². The Morgan fingerprint density at radius 1 is 0.557 bits per heavy atom. The number of pyridine rings is 1. The largest absolute Gasteiger partial charge is 0.507 e. The van der Waals surface area contributed by atoms with E-state index in [1.165, 1.54) is 0 Å². The molecule has 61 heavy (non-hydrogen) atoms. The van der Waals surface area contributed by atoms with Gasteiger partial charge in [0.05, 0.1) is 55.3 Å². The molecule has 7 heteroatoms. The van der Waals surface area contributed by atoms with E-state index in [2.05, 4.69) is 180 Å². The zero-order chi connectivity index (χ0) is 42.1. The third kappa shape index (κ3) is 5.49. The van der Waals surface area contributed by atoms with Crippen LogP contribution in [-0.2, 0) is 10.8 Å². The Bertz CT molecular complexity index is 3580. The predicted octanol–water partition coefficient (Wildman–Crippen LogP) is 13.4. The average Bonchev–Trinajstić information content (AvgIpc) is 3.80. The Balaban J connectivity index is 1.30. The Labute approximate surface area is 354 Å². The van der Waals surface area contributed by atoms with Gasteiger partial charge in [-0.3, -0.25) is 8.97 Å². The highest BCUT2D eigenvalue weighted by molar-refractivity contribution is 6.26. The highest BCUT2D eigenvalue weighted by Gasteiger charge is 2.30. The number of rotatable bonds is 4. The molecule has 0 aliphatic rings. The molecule has 11 rings (SSSR count). The number of phenols is 1. The normalized spacial score (nSPS) is 12.7. The van der Waals surface area contributed by atoms with Gasteiger partial charge in [-0.1, -0.05) is 126 Å². The number of nitrogens with zero attached hydrogens (tertiary/aromatic N) is 6. The van der Waals surface area contributed by atoms with E-state index in [9.17, 15) is 5.11 Å². The summed E-state index contributed by atoms with van der Waals surface area (Å²) in [5, 5.41) is 16.7. The molecule has 7 aromatic carbocycles. The number of imidazole rings is 2. The van der Waals surface area contributed by atoms with Crippen molar-refractivity contribution in [1.82, 2.24) is 28.9 Å². The van der Waals surface area contributed by atoms with Gasteiger partial charge in [-0.25, -0.2) is 19.9 Å². The second kappa shape index (κ2) is 12.9. The van der Waals surface area contributed by atoms with E-state index in [1.54, 1.807) is 6.33 Å². The van der Waals surface area contributed by atoms with E-state index in [-0.39, 0.29) is 16.6 Å². The van der Waals surface area contributed by atoms with E-state index < -0.39 is 0 Å². The van der Waals surface area contributed by atoms with Gasteiger partial charge >= 0.3 is 0 Å². The summed E-state index contributed by atoms with van der Waals surface area (Å²) in [4.78, 5) is 20.4. The van der Waals surface area contributed by atoms with Crippen molar-refractivity contribution in [2.24, 2.45) is 0 Å². The van der Waals surface area contributed by atoms with Crippen molar-refractivity contribution in [3.8, 4) is 45.1 Å². The van der Waals surface area contributed by atoms with Crippen LogP contribution < -0.4 is 0 Å². The molecule has 0 radical (unpaired) electrons. The van der Waals surface area contributed by atoms with Crippen molar-refractivity contribution in [1.29, 1.82) is 0 Å². The first-order chi connectivity index (χ1) is 29.3. The molecule has 4 aromatic heterocycles. The highest BCUT2D eigenvalue weighted by atomic mass is 16.3. The number of benzene rings is 7. The Morgan fingerprint density at radius 3 is 2.08 bits per heavy atom. The molecule has 0 fully saturated rings. The first kappa shape index (κ1) is 36.9. The molecule has 0 saturated heterocycles. The van der Waals surface area contributed by atoms with Crippen LogP contribution in [0.15, 0.2) is 128 Å². The summed E-state index contributed by atoms with van der Waals surface area (Å²) in [6.07, 6.45) is 1.67. The van der Waals surface area contributed by atoms with Crippen molar-refractivity contribution in [2.45, 2.75) is 66.2 Å². The van der Waals surface area contributed by atoms with Crippen molar-refractivity contribution in [2.75, 3.05) is 0 Å². The van der Waals surface area contributed by atoms with E-state index in [1.807, 2.05) is 6.07 Å². The lowest BCUT2D eigenvalue weighted by molar-refractivity contribution is 0.446. The third-order valence-corrected chi connectivity index (χ3v) is 12.6. The molecule has 0 amide bonds. The molecule has 298 valence electrons. The van der Waals surface area contributed by atoms with Gasteiger partial charge in [0.1, 0.15) is 23.7 Å². The summed E-state index contributed by atoms with van der Waals surface area (Å²) < 4.78 is 4.56. The molecule has 7 nitrogen and oxygen atoms in total. The number of fused-ring (bicyclic) bond motifs is 6. The molecule has 0 spiro atoms. The fraction of sp³-hybridized carbons (Fsp3) is 0.185. The molecule has 0 atom stereocenters. The third-order valence-electron chi connectivity index (χ3n) is 12.6.